The molecule has 1 heterocycles. The van der Waals surface area contributed by atoms with Crippen molar-refractivity contribution in [2.45, 2.75) is 4.90 Å². The van der Waals surface area contributed by atoms with Crippen molar-refractivity contribution in [2.75, 3.05) is 5.32 Å². The predicted molar refractivity (Wildman–Crippen MR) is 88.6 cm³/mol. The van der Waals surface area contributed by atoms with Crippen molar-refractivity contribution in [3.8, 4) is 5.75 Å². The van der Waals surface area contributed by atoms with Gasteiger partial charge in [0.25, 0.3) is 10.1 Å². The highest BCUT2D eigenvalue weighted by molar-refractivity contribution is 7.86. The molecule has 0 unspecified atom stereocenters. The van der Waals surface area contributed by atoms with Crippen molar-refractivity contribution in [2.24, 2.45) is 0 Å². The second-order valence-corrected chi connectivity index (χ2v) is 6.78. The van der Waals surface area contributed by atoms with Crippen LogP contribution in [0.25, 0.3) is 10.8 Å². The number of halogens is 2. The summed E-state index contributed by atoms with van der Waals surface area (Å²) in [6, 6.07) is 5.76. The molecule has 0 aliphatic carbocycles. The molecular formula is C13H8Cl2N4O4S. The first-order valence-corrected chi connectivity index (χ1v) is 8.52. The van der Waals surface area contributed by atoms with Crippen LogP contribution in [-0.4, -0.2) is 33.5 Å². The van der Waals surface area contributed by atoms with E-state index in [0.717, 1.165) is 0 Å². The number of aromatic nitrogens is 3. The lowest BCUT2D eigenvalue weighted by molar-refractivity contribution is 0.447. The molecule has 0 amide bonds. The van der Waals surface area contributed by atoms with Crippen molar-refractivity contribution in [3.05, 3.63) is 40.5 Å². The first-order chi connectivity index (χ1) is 11.3. The molecule has 124 valence electrons. The van der Waals surface area contributed by atoms with E-state index in [-0.39, 0.29) is 32.3 Å². The van der Waals surface area contributed by atoms with Crippen LogP contribution in [0.15, 0.2) is 35.4 Å². The maximum atomic E-state index is 11.7. The van der Waals surface area contributed by atoms with Crippen LogP contribution in [0.4, 0.5) is 11.5 Å². The van der Waals surface area contributed by atoms with Gasteiger partial charge >= 0.3 is 0 Å². The van der Waals surface area contributed by atoms with E-state index in [4.69, 9.17) is 23.2 Å². The molecule has 3 aromatic rings. The summed E-state index contributed by atoms with van der Waals surface area (Å²) < 4.78 is 33.0. The van der Waals surface area contributed by atoms with E-state index in [1.165, 1.54) is 30.5 Å². The van der Waals surface area contributed by atoms with E-state index in [9.17, 15) is 18.1 Å². The normalized spacial score (nSPS) is 11.6. The molecule has 11 heteroatoms. The number of nitrogens with zero attached hydrogens (tertiary/aromatic N) is 3. The highest BCUT2D eigenvalue weighted by Crippen LogP contribution is 2.47. The molecule has 0 aliphatic heterocycles. The van der Waals surface area contributed by atoms with Gasteiger partial charge in [0.05, 0.1) is 16.2 Å². The number of rotatable bonds is 3. The van der Waals surface area contributed by atoms with Gasteiger partial charge in [0.2, 0.25) is 0 Å². The molecule has 3 rings (SSSR count). The summed E-state index contributed by atoms with van der Waals surface area (Å²) in [6.45, 7) is 0. The van der Waals surface area contributed by atoms with Crippen LogP contribution < -0.4 is 5.32 Å². The van der Waals surface area contributed by atoms with Gasteiger partial charge in [-0.05, 0) is 11.3 Å². The Kier molecular flexibility index (Phi) is 4.18. The number of aromatic hydroxyl groups is 1. The van der Waals surface area contributed by atoms with Crippen LogP contribution in [0.3, 0.4) is 0 Å². The van der Waals surface area contributed by atoms with Gasteiger partial charge in [-0.1, -0.05) is 35.3 Å². The smallest absolute Gasteiger partial charge is 0.298 e. The van der Waals surface area contributed by atoms with E-state index in [2.05, 4.69) is 20.7 Å². The molecule has 1 aromatic heterocycles. The first kappa shape index (κ1) is 16.7. The fraction of sp³-hybridized carbons (Fsp3) is 0. The molecule has 0 atom stereocenters. The maximum Gasteiger partial charge on any atom is 0.298 e. The van der Waals surface area contributed by atoms with Gasteiger partial charge in [-0.2, -0.15) is 8.42 Å². The third kappa shape index (κ3) is 2.82. The molecule has 0 saturated heterocycles. The number of hydrogen-bond donors (Lipinski definition) is 3. The highest BCUT2D eigenvalue weighted by Gasteiger charge is 2.27. The van der Waals surface area contributed by atoms with E-state index in [1.54, 1.807) is 0 Å². The Bertz CT molecular complexity index is 1050. The average Bonchev–Trinajstić information content (AvgIpc) is 2.51. The topological polar surface area (TPSA) is 125 Å². The lowest BCUT2D eigenvalue weighted by Gasteiger charge is -2.16. The van der Waals surface area contributed by atoms with Gasteiger partial charge < -0.3 is 10.4 Å². The fourth-order valence-corrected chi connectivity index (χ4v) is 3.67. The molecule has 3 N–H and O–H groups in total. The van der Waals surface area contributed by atoms with E-state index in [0.29, 0.717) is 0 Å². The molecular weight excluding hydrogens is 379 g/mol. The van der Waals surface area contributed by atoms with E-state index in [1.807, 2.05) is 0 Å². The Labute approximate surface area is 145 Å². The molecule has 24 heavy (non-hydrogen) atoms. The average molecular weight is 387 g/mol. The van der Waals surface area contributed by atoms with Gasteiger partial charge in [-0.3, -0.25) is 4.55 Å². The summed E-state index contributed by atoms with van der Waals surface area (Å²) in [7, 11) is -4.76. The number of hydrogen-bond acceptors (Lipinski definition) is 7. The number of anilines is 2. The SMILES string of the molecule is O=S(=O)(O)c1c(O)c(Nc2ccnnn2)c(Cl)c2c(Cl)cccc12. The quantitative estimate of drug-likeness (QED) is 0.463. The summed E-state index contributed by atoms with van der Waals surface area (Å²) in [5.41, 5.74) is -0.189. The van der Waals surface area contributed by atoms with Crippen molar-refractivity contribution in [3.63, 3.8) is 0 Å². The van der Waals surface area contributed by atoms with Crippen LogP contribution in [0.2, 0.25) is 10.0 Å². The molecule has 0 aliphatic rings. The third-order valence-electron chi connectivity index (χ3n) is 3.16. The minimum absolute atomic E-state index is 0.0149. The lowest BCUT2D eigenvalue weighted by atomic mass is 10.1. The summed E-state index contributed by atoms with van der Waals surface area (Å²) in [4.78, 5) is -0.714. The zero-order valence-electron chi connectivity index (χ0n) is 11.6. The zero-order chi connectivity index (χ0) is 17.5. The molecule has 0 spiro atoms. The van der Waals surface area contributed by atoms with Gasteiger partial charge in [0.1, 0.15) is 10.6 Å². The minimum Gasteiger partial charge on any atom is -0.504 e. The Morgan fingerprint density at radius 2 is 1.92 bits per heavy atom. The monoisotopic (exact) mass is 386 g/mol. The van der Waals surface area contributed by atoms with E-state index < -0.39 is 20.8 Å². The Hall–Kier alpha value is -2.20. The summed E-state index contributed by atoms with van der Waals surface area (Å²) >= 11 is 12.4. The Morgan fingerprint density at radius 3 is 2.54 bits per heavy atom. The number of fused-ring (bicyclic) bond motifs is 1. The molecule has 8 nitrogen and oxygen atoms in total. The second kappa shape index (κ2) is 6.02. The summed E-state index contributed by atoms with van der Waals surface area (Å²) in [5, 5.41) is 23.8. The third-order valence-corrected chi connectivity index (χ3v) is 4.79. The maximum absolute atomic E-state index is 11.7. The van der Waals surface area contributed by atoms with Crippen LogP contribution in [0, 0.1) is 0 Å². The summed E-state index contributed by atoms with van der Waals surface area (Å²) in [6.07, 6.45) is 1.33. The molecule has 0 radical (unpaired) electrons. The van der Waals surface area contributed by atoms with Gasteiger partial charge in [-0.25, -0.2) is 0 Å². The van der Waals surface area contributed by atoms with Gasteiger partial charge in [0, 0.05) is 16.8 Å². The van der Waals surface area contributed by atoms with Crippen LogP contribution in [-0.2, 0) is 10.1 Å². The minimum atomic E-state index is -4.76. The van der Waals surface area contributed by atoms with Crippen LogP contribution in [0.5, 0.6) is 5.75 Å². The zero-order valence-corrected chi connectivity index (χ0v) is 13.9. The Morgan fingerprint density at radius 1 is 1.17 bits per heavy atom. The Balaban J connectivity index is 2.40. The largest absolute Gasteiger partial charge is 0.504 e. The first-order valence-electron chi connectivity index (χ1n) is 6.32. The summed E-state index contributed by atoms with van der Waals surface area (Å²) in [5.74, 6) is -0.620. The van der Waals surface area contributed by atoms with Crippen molar-refractivity contribution in [1.29, 1.82) is 0 Å². The van der Waals surface area contributed by atoms with Crippen LogP contribution >= 0.6 is 23.2 Å². The van der Waals surface area contributed by atoms with Crippen LogP contribution in [0.1, 0.15) is 0 Å². The lowest BCUT2D eigenvalue weighted by Crippen LogP contribution is -2.04. The van der Waals surface area contributed by atoms with Crippen molar-refractivity contribution in [1.82, 2.24) is 15.4 Å². The predicted octanol–water partition coefficient (Wildman–Crippen LogP) is 3.03. The molecule has 2 aromatic carbocycles. The number of phenolic OH excluding ortho intramolecular Hbond substituents is 1. The van der Waals surface area contributed by atoms with Gasteiger partial charge in [-0.15, -0.1) is 10.2 Å². The number of benzene rings is 2. The van der Waals surface area contributed by atoms with Gasteiger partial charge in [0.15, 0.2) is 11.6 Å². The highest BCUT2D eigenvalue weighted by atomic mass is 35.5. The molecule has 0 saturated carbocycles. The van der Waals surface area contributed by atoms with E-state index >= 15 is 0 Å². The number of phenols is 1. The fourth-order valence-electron chi connectivity index (χ4n) is 2.22. The van der Waals surface area contributed by atoms with Crippen molar-refractivity contribution >= 4 is 55.6 Å². The van der Waals surface area contributed by atoms with Crippen molar-refractivity contribution < 1.29 is 18.1 Å². The molecule has 0 bridgehead atoms. The number of nitrogens with one attached hydrogen (secondary N) is 1. The standard InChI is InChI=1S/C13H8Cl2N4O4S/c14-7-3-1-2-6-9(7)10(15)11(12(20)13(6)24(21,22)23)17-8-4-5-16-19-18-8/h1-5,20H,(H,16,17,18)(H,21,22,23). The molecule has 0 fully saturated rings. The second-order valence-electron chi connectivity index (χ2n) is 4.64.